The maximum atomic E-state index is 12.7. The summed E-state index contributed by atoms with van der Waals surface area (Å²) < 4.78 is 5.15. The molecular weight excluding hydrogens is 364 g/mol. The minimum atomic E-state index is -0.422. The maximum Gasteiger partial charge on any atom is 0.253 e. The van der Waals surface area contributed by atoms with Crippen LogP contribution in [0.15, 0.2) is 53.5 Å². The van der Waals surface area contributed by atoms with E-state index < -0.39 is 5.66 Å². The number of rotatable bonds is 2. The van der Waals surface area contributed by atoms with Gasteiger partial charge in [0.15, 0.2) is 0 Å². The number of hydrogen-bond donors (Lipinski definition) is 2. The highest BCUT2D eigenvalue weighted by Gasteiger charge is 2.38. The third-order valence-corrected chi connectivity index (χ3v) is 5.12. The number of benzene rings is 2. The fourth-order valence-electron chi connectivity index (χ4n) is 3.62. The molecule has 3 N–H and O–H groups in total. The number of halogens is 1. The largest absolute Gasteiger partial charge is 0.497 e. The summed E-state index contributed by atoms with van der Waals surface area (Å²) >= 11 is 0. The molecule has 1 spiro atoms. The topological polar surface area (TPSA) is 80.0 Å². The Kier molecular flexibility index (Phi) is 5.28. The highest BCUT2D eigenvalue weighted by molar-refractivity contribution is 6.04. The molecule has 142 valence electrons. The van der Waals surface area contributed by atoms with Gasteiger partial charge in [-0.15, -0.1) is 12.4 Å². The van der Waals surface area contributed by atoms with E-state index >= 15 is 0 Å². The molecule has 2 aromatic rings. The van der Waals surface area contributed by atoms with Gasteiger partial charge in [-0.3, -0.25) is 4.79 Å². The average molecular weight is 387 g/mol. The van der Waals surface area contributed by atoms with Crippen LogP contribution in [0.4, 0.5) is 5.69 Å². The molecule has 2 aliphatic heterocycles. The van der Waals surface area contributed by atoms with Gasteiger partial charge in [0.2, 0.25) is 0 Å². The molecule has 6 nitrogen and oxygen atoms in total. The number of nitrogens with one attached hydrogen (secondary N) is 1. The zero-order valence-corrected chi connectivity index (χ0v) is 16.0. The number of likely N-dealkylation sites (tertiary alicyclic amines) is 1. The van der Waals surface area contributed by atoms with Crippen LogP contribution in [0.2, 0.25) is 0 Å². The summed E-state index contributed by atoms with van der Waals surface area (Å²) in [4.78, 5) is 19.3. The molecular formula is C20H23ClN4O2. The number of anilines is 1. The van der Waals surface area contributed by atoms with E-state index in [2.05, 4.69) is 5.32 Å². The van der Waals surface area contributed by atoms with Crippen LogP contribution in [0.1, 0.15) is 28.8 Å². The Labute approximate surface area is 164 Å². The number of amidine groups is 1. The fourth-order valence-corrected chi connectivity index (χ4v) is 3.62. The first-order chi connectivity index (χ1) is 12.6. The van der Waals surface area contributed by atoms with Crippen LogP contribution in [0.5, 0.6) is 5.75 Å². The van der Waals surface area contributed by atoms with Crippen LogP contribution >= 0.6 is 12.4 Å². The van der Waals surface area contributed by atoms with Gasteiger partial charge in [-0.1, -0.05) is 12.1 Å². The molecule has 2 aromatic carbocycles. The lowest BCUT2D eigenvalue weighted by Crippen LogP contribution is -2.52. The van der Waals surface area contributed by atoms with Gasteiger partial charge in [-0.2, -0.15) is 0 Å². The minimum Gasteiger partial charge on any atom is -0.497 e. The lowest BCUT2D eigenvalue weighted by molar-refractivity contribution is 0.0685. The van der Waals surface area contributed by atoms with Crippen LogP contribution in [-0.4, -0.2) is 42.5 Å². The average Bonchev–Trinajstić information content (AvgIpc) is 2.68. The molecule has 1 saturated heterocycles. The molecule has 27 heavy (non-hydrogen) atoms. The molecule has 4 rings (SSSR count). The van der Waals surface area contributed by atoms with Crippen molar-refractivity contribution in [2.24, 2.45) is 10.7 Å². The molecule has 0 radical (unpaired) electrons. The van der Waals surface area contributed by atoms with Crippen molar-refractivity contribution < 1.29 is 9.53 Å². The lowest BCUT2D eigenvalue weighted by atomic mass is 9.93. The number of methoxy groups -OCH3 is 1. The van der Waals surface area contributed by atoms with Gasteiger partial charge in [-0.25, -0.2) is 4.99 Å². The molecule has 0 bridgehead atoms. The quantitative estimate of drug-likeness (QED) is 0.831. The van der Waals surface area contributed by atoms with Gasteiger partial charge in [0, 0.05) is 42.7 Å². The van der Waals surface area contributed by atoms with Gasteiger partial charge < -0.3 is 20.7 Å². The zero-order chi connectivity index (χ0) is 18.1. The molecule has 0 aliphatic carbocycles. The second kappa shape index (κ2) is 7.48. The number of piperidine rings is 1. The molecule has 7 heteroatoms. The highest BCUT2D eigenvalue weighted by Crippen LogP contribution is 2.34. The van der Waals surface area contributed by atoms with Gasteiger partial charge in [-0.05, 0) is 36.4 Å². The van der Waals surface area contributed by atoms with E-state index in [1.807, 2.05) is 41.3 Å². The first-order valence-corrected chi connectivity index (χ1v) is 8.76. The fraction of sp³-hybridized carbons (Fsp3) is 0.300. The number of carbonyl (C=O) groups excluding carboxylic acids is 1. The number of ether oxygens (including phenoxy) is 1. The first-order valence-electron chi connectivity index (χ1n) is 8.76. The van der Waals surface area contributed by atoms with Crippen molar-refractivity contribution in [3.8, 4) is 5.75 Å². The molecule has 0 saturated carbocycles. The smallest absolute Gasteiger partial charge is 0.253 e. The van der Waals surface area contributed by atoms with Crippen molar-refractivity contribution in [2.45, 2.75) is 18.5 Å². The van der Waals surface area contributed by atoms with E-state index in [9.17, 15) is 4.79 Å². The predicted molar refractivity (Wildman–Crippen MR) is 109 cm³/mol. The summed E-state index contributed by atoms with van der Waals surface area (Å²) in [7, 11) is 1.61. The summed E-state index contributed by atoms with van der Waals surface area (Å²) in [5.41, 5.74) is 8.38. The molecule has 0 aromatic heterocycles. The molecule has 0 unspecified atom stereocenters. The van der Waals surface area contributed by atoms with Crippen LogP contribution in [-0.2, 0) is 0 Å². The number of nitrogens with zero attached hydrogens (tertiary/aromatic N) is 2. The Bertz CT molecular complexity index is 859. The summed E-state index contributed by atoms with van der Waals surface area (Å²) in [6, 6.07) is 15.2. The Balaban J connectivity index is 0.00000210. The number of hydrogen-bond acceptors (Lipinski definition) is 5. The van der Waals surface area contributed by atoms with E-state index in [1.165, 1.54) is 0 Å². The van der Waals surface area contributed by atoms with Crippen molar-refractivity contribution in [1.29, 1.82) is 0 Å². The van der Waals surface area contributed by atoms with Gasteiger partial charge >= 0.3 is 0 Å². The number of carbonyl (C=O) groups is 1. The maximum absolute atomic E-state index is 12.7. The third kappa shape index (κ3) is 3.57. The number of fused-ring (bicyclic) bond motifs is 1. The van der Waals surface area contributed by atoms with Gasteiger partial charge in [0.05, 0.1) is 7.11 Å². The van der Waals surface area contributed by atoms with Crippen LogP contribution in [0.25, 0.3) is 0 Å². The second-order valence-corrected chi connectivity index (χ2v) is 6.72. The summed E-state index contributed by atoms with van der Waals surface area (Å²) in [5.74, 6) is 1.35. The van der Waals surface area contributed by atoms with E-state index in [1.54, 1.807) is 19.2 Å². The standard InChI is InChI=1S/C20H22N4O2.ClH/c1-26-15-8-6-14(7-9-15)19(25)24-12-10-20(11-13-24)22-17-5-3-2-4-16(17)18(21)23-20;/h2-9,22H,10-13H2,1H3,(H2,21,23);1H. The second-order valence-electron chi connectivity index (χ2n) is 6.72. The minimum absolute atomic E-state index is 0. The third-order valence-electron chi connectivity index (χ3n) is 5.12. The van der Waals surface area contributed by atoms with E-state index in [-0.39, 0.29) is 18.3 Å². The van der Waals surface area contributed by atoms with Gasteiger partial charge in [0.25, 0.3) is 5.91 Å². The van der Waals surface area contributed by atoms with Crippen molar-refractivity contribution >= 4 is 29.8 Å². The first kappa shape index (κ1) is 19.0. The molecule has 0 atom stereocenters. The predicted octanol–water partition coefficient (Wildman–Crippen LogP) is 2.88. The Morgan fingerprint density at radius 3 is 2.48 bits per heavy atom. The number of para-hydroxylation sites is 1. The SMILES string of the molecule is COc1ccc(C(=O)N2CCC3(CC2)N=C(N)c2ccccc2N3)cc1.Cl. The molecule has 1 fully saturated rings. The molecule has 2 aliphatic rings. The molecule has 2 heterocycles. The zero-order valence-electron chi connectivity index (χ0n) is 15.1. The van der Waals surface area contributed by atoms with Crippen LogP contribution in [0, 0.1) is 0 Å². The van der Waals surface area contributed by atoms with Crippen LogP contribution in [0.3, 0.4) is 0 Å². The Morgan fingerprint density at radius 1 is 1.15 bits per heavy atom. The number of aliphatic imine (C=N–C) groups is 1. The van der Waals surface area contributed by atoms with Crippen molar-refractivity contribution in [3.63, 3.8) is 0 Å². The van der Waals surface area contributed by atoms with E-state index in [0.29, 0.717) is 24.5 Å². The number of amides is 1. The summed E-state index contributed by atoms with van der Waals surface area (Å²) in [6.07, 6.45) is 1.45. The van der Waals surface area contributed by atoms with Crippen molar-refractivity contribution in [3.05, 3.63) is 59.7 Å². The number of nitrogens with two attached hydrogens (primary N) is 1. The summed E-state index contributed by atoms with van der Waals surface area (Å²) in [6.45, 7) is 1.27. The van der Waals surface area contributed by atoms with Crippen molar-refractivity contribution in [2.75, 3.05) is 25.5 Å². The van der Waals surface area contributed by atoms with E-state index in [0.717, 1.165) is 29.8 Å². The molecule has 1 amide bonds. The highest BCUT2D eigenvalue weighted by atomic mass is 35.5. The lowest BCUT2D eigenvalue weighted by Gasteiger charge is -2.42. The van der Waals surface area contributed by atoms with E-state index in [4.69, 9.17) is 15.5 Å². The monoisotopic (exact) mass is 386 g/mol. The van der Waals surface area contributed by atoms with Crippen LogP contribution < -0.4 is 15.8 Å². The normalized spacial score (nSPS) is 17.2. The Morgan fingerprint density at radius 2 is 1.81 bits per heavy atom. The van der Waals surface area contributed by atoms with Gasteiger partial charge in [0.1, 0.15) is 17.2 Å². The summed E-state index contributed by atoms with van der Waals surface area (Å²) in [5, 5.41) is 3.54. The van der Waals surface area contributed by atoms with Crippen molar-refractivity contribution in [1.82, 2.24) is 4.90 Å². The Hall–Kier alpha value is -2.73.